The maximum Gasteiger partial charge on any atom is 0.175 e. The van der Waals surface area contributed by atoms with Crippen LogP contribution in [0.15, 0.2) is 66.0 Å². The second kappa shape index (κ2) is 8.33. The summed E-state index contributed by atoms with van der Waals surface area (Å²) in [5.74, 6) is 0.965. The minimum Gasteiger partial charge on any atom is -0.506 e. The summed E-state index contributed by atoms with van der Waals surface area (Å²) < 4.78 is 24.9. The topological polar surface area (TPSA) is 115 Å². The first kappa shape index (κ1) is 22.5. The number of aromatic hydroxyl groups is 1. The molecular formula is C26H24N6O3S. The summed E-state index contributed by atoms with van der Waals surface area (Å²) in [4.78, 5) is 9.83. The monoisotopic (exact) mass is 500 g/mol. The van der Waals surface area contributed by atoms with Gasteiger partial charge < -0.3 is 10.0 Å². The lowest BCUT2D eigenvalue weighted by molar-refractivity contribution is -0.00869. The number of sulfone groups is 1. The molecule has 2 unspecified atom stereocenters. The van der Waals surface area contributed by atoms with Gasteiger partial charge in [0.05, 0.1) is 28.4 Å². The number of benzene rings is 1. The van der Waals surface area contributed by atoms with Gasteiger partial charge in [0.25, 0.3) is 0 Å². The molecule has 0 amide bonds. The van der Waals surface area contributed by atoms with Crippen molar-refractivity contribution in [2.45, 2.75) is 29.9 Å². The highest BCUT2D eigenvalue weighted by Gasteiger charge is 2.44. The zero-order chi connectivity index (χ0) is 25.0. The number of nitrogens with zero attached hydrogens (tertiary/aromatic N) is 6. The highest BCUT2D eigenvalue weighted by molar-refractivity contribution is 7.90. The van der Waals surface area contributed by atoms with Crippen LogP contribution in [0.25, 0.3) is 16.6 Å². The number of piperidine rings is 1. The van der Waals surface area contributed by atoms with Gasteiger partial charge in [-0.25, -0.2) is 17.9 Å². The molecule has 2 bridgehead atoms. The summed E-state index contributed by atoms with van der Waals surface area (Å²) in [5.41, 5.74) is 3.71. The Morgan fingerprint density at radius 3 is 2.50 bits per heavy atom. The number of pyridine rings is 2. The number of piperazine rings is 1. The van der Waals surface area contributed by atoms with E-state index >= 15 is 0 Å². The Hall–Kier alpha value is -3.94. The molecule has 3 aliphatic rings. The fraction of sp³-hybridized carbons (Fsp3) is 0.269. The number of fused-ring (bicyclic) bond motifs is 3. The van der Waals surface area contributed by atoms with E-state index in [1.165, 1.54) is 23.2 Å². The Labute approximate surface area is 208 Å². The summed E-state index contributed by atoms with van der Waals surface area (Å²) in [6, 6.07) is 15.8. The average Bonchev–Trinajstić information content (AvgIpc) is 3.29. The molecule has 3 aliphatic heterocycles. The average molecular weight is 501 g/mol. The number of hydrogen-bond acceptors (Lipinski definition) is 8. The molecule has 0 spiro atoms. The van der Waals surface area contributed by atoms with Crippen molar-refractivity contribution >= 4 is 21.2 Å². The van der Waals surface area contributed by atoms with Gasteiger partial charge in [-0.05, 0) is 42.3 Å². The van der Waals surface area contributed by atoms with Crippen LogP contribution in [-0.2, 0) is 16.4 Å². The van der Waals surface area contributed by atoms with E-state index in [4.69, 9.17) is 4.98 Å². The molecule has 1 aromatic carbocycles. The van der Waals surface area contributed by atoms with E-state index in [1.54, 1.807) is 24.4 Å². The smallest absolute Gasteiger partial charge is 0.175 e. The summed E-state index contributed by atoms with van der Waals surface area (Å²) in [7, 11) is -3.19. The fourth-order valence-corrected chi connectivity index (χ4v) is 5.96. The van der Waals surface area contributed by atoms with E-state index in [0.717, 1.165) is 43.0 Å². The highest BCUT2D eigenvalue weighted by Crippen LogP contribution is 2.36. The van der Waals surface area contributed by atoms with Crippen LogP contribution in [0.2, 0.25) is 0 Å². The summed E-state index contributed by atoms with van der Waals surface area (Å²) >= 11 is 0. The largest absolute Gasteiger partial charge is 0.506 e. The zero-order valence-corrected chi connectivity index (χ0v) is 20.4. The first-order chi connectivity index (χ1) is 17.3. The molecule has 9 nitrogen and oxygen atoms in total. The minimum atomic E-state index is -3.19. The molecule has 3 saturated heterocycles. The Morgan fingerprint density at radius 1 is 1.11 bits per heavy atom. The molecule has 2 atom stereocenters. The maximum absolute atomic E-state index is 11.7. The first-order valence-electron chi connectivity index (χ1n) is 11.7. The quantitative estimate of drug-likeness (QED) is 0.445. The molecule has 1 N–H and O–H groups in total. The van der Waals surface area contributed by atoms with Crippen molar-refractivity contribution in [1.29, 1.82) is 5.26 Å². The number of anilines is 1. The van der Waals surface area contributed by atoms with E-state index < -0.39 is 9.84 Å². The van der Waals surface area contributed by atoms with Crippen LogP contribution in [0.1, 0.15) is 17.5 Å². The molecule has 0 aliphatic carbocycles. The van der Waals surface area contributed by atoms with Crippen molar-refractivity contribution < 1.29 is 13.5 Å². The third-order valence-corrected chi connectivity index (χ3v) is 8.29. The van der Waals surface area contributed by atoms with E-state index in [1.807, 2.05) is 24.3 Å². The van der Waals surface area contributed by atoms with Crippen LogP contribution in [0.5, 0.6) is 5.75 Å². The molecule has 0 radical (unpaired) electrons. The predicted molar refractivity (Wildman–Crippen MR) is 134 cm³/mol. The lowest BCUT2D eigenvalue weighted by atomic mass is 9.86. The number of nitriles is 1. The second-order valence-electron chi connectivity index (χ2n) is 9.52. The minimum absolute atomic E-state index is 0.0661. The van der Waals surface area contributed by atoms with Crippen LogP contribution in [0.4, 0.5) is 5.82 Å². The van der Waals surface area contributed by atoms with Gasteiger partial charge in [0.15, 0.2) is 9.84 Å². The van der Waals surface area contributed by atoms with Gasteiger partial charge in [0, 0.05) is 55.3 Å². The Bertz CT molecular complexity index is 1590. The van der Waals surface area contributed by atoms with Crippen LogP contribution in [-0.4, -0.2) is 64.5 Å². The SMILES string of the molecule is CS(=O)(=O)c1ccc(CN2C3CC2CN(c2ccc(-c4cc(O)cn5ncc(C#N)c45)cn2)C3)cc1. The molecular weight excluding hydrogens is 476 g/mol. The molecule has 10 heteroatoms. The molecule has 3 fully saturated rings. The summed E-state index contributed by atoms with van der Waals surface area (Å²) in [5, 5.41) is 23.7. The maximum atomic E-state index is 11.7. The van der Waals surface area contributed by atoms with E-state index in [9.17, 15) is 18.8 Å². The van der Waals surface area contributed by atoms with Crippen molar-refractivity contribution in [3.8, 4) is 22.9 Å². The van der Waals surface area contributed by atoms with Crippen molar-refractivity contribution in [2.24, 2.45) is 0 Å². The van der Waals surface area contributed by atoms with Crippen molar-refractivity contribution in [3.05, 3.63) is 72.2 Å². The Kier molecular flexibility index (Phi) is 5.21. The molecule has 4 aromatic rings. The van der Waals surface area contributed by atoms with Gasteiger partial charge in [-0.1, -0.05) is 12.1 Å². The van der Waals surface area contributed by atoms with Gasteiger partial charge in [-0.2, -0.15) is 10.4 Å². The van der Waals surface area contributed by atoms with Gasteiger partial charge >= 0.3 is 0 Å². The molecule has 3 aromatic heterocycles. The Morgan fingerprint density at radius 2 is 1.86 bits per heavy atom. The molecule has 182 valence electrons. The van der Waals surface area contributed by atoms with Gasteiger partial charge in [-0.15, -0.1) is 0 Å². The number of rotatable bonds is 5. The lowest BCUT2D eigenvalue weighted by Gasteiger charge is -2.56. The van der Waals surface area contributed by atoms with Crippen LogP contribution in [0, 0.1) is 11.3 Å². The lowest BCUT2D eigenvalue weighted by Crippen LogP contribution is -2.68. The standard InChI is InChI=1S/C26H24N6O3S/c1-36(34,35)23-5-2-17(3-6-23)13-31-20-8-21(31)15-30(14-20)25-7-4-18(11-28-25)24-9-22(33)16-32-26(24)19(10-27)12-29-32/h2-7,9,11-12,16,20-21,33H,8,13-15H2,1H3. The predicted octanol–water partition coefficient (Wildman–Crippen LogP) is 2.84. The molecule has 7 rings (SSSR count). The van der Waals surface area contributed by atoms with E-state index in [0.29, 0.717) is 33.6 Å². The molecule has 0 saturated carbocycles. The van der Waals surface area contributed by atoms with Crippen molar-refractivity contribution in [3.63, 3.8) is 0 Å². The summed E-state index contributed by atoms with van der Waals surface area (Å²) in [6.07, 6.45) is 7.12. The molecule has 36 heavy (non-hydrogen) atoms. The number of hydrogen-bond donors (Lipinski definition) is 1. The van der Waals surface area contributed by atoms with Crippen molar-refractivity contribution in [1.82, 2.24) is 19.5 Å². The van der Waals surface area contributed by atoms with Gasteiger partial charge in [0.1, 0.15) is 17.6 Å². The Balaban J connectivity index is 1.17. The normalized spacial score (nSPS) is 19.7. The fourth-order valence-electron chi connectivity index (χ4n) is 5.33. The second-order valence-corrected chi connectivity index (χ2v) is 11.5. The van der Waals surface area contributed by atoms with Crippen LogP contribution < -0.4 is 4.90 Å². The number of aromatic nitrogens is 3. The van der Waals surface area contributed by atoms with Gasteiger partial charge in [-0.3, -0.25) is 4.90 Å². The van der Waals surface area contributed by atoms with E-state index in [2.05, 4.69) is 21.0 Å². The zero-order valence-electron chi connectivity index (χ0n) is 19.6. The van der Waals surface area contributed by atoms with Gasteiger partial charge in [0.2, 0.25) is 0 Å². The molecule has 6 heterocycles. The summed E-state index contributed by atoms with van der Waals surface area (Å²) in [6.45, 7) is 2.56. The first-order valence-corrected chi connectivity index (χ1v) is 13.6. The van der Waals surface area contributed by atoms with Crippen molar-refractivity contribution in [2.75, 3.05) is 24.2 Å². The highest BCUT2D eigenvalue weighted by atomic mass is 32.2. The van der Waals surface area contributed by atoms with Crippen LogP contribution in [0.3, 0.4) is 0 Å². The van der Waals surface area contributed by atoms with Crippen LogP contribution >= 0.6 is 0 Å². The third-order valence-electron chi connectivity index (χ3n) is 7.16. The van der Waals surface area contributed by atoms with E-state index in [-0.39, 0.29) is 5.75 Å². The third kappa shape index (κ3) is 3.86.